The molecule has 1 fully saturated rings. The van der Waals surface area contributed by atoms with Crippen LogP contribution in [0.25, 0.3) is 0 Å². The Morgan fingerprint density at radius 3 is 2.53 bits per heavy atom. The zero-order valence-corrected chi connectivity index (χ0v) is 12.1. The molecule has 1 saturated carbocycles. The minimum atomic E-state index is -0.0631. The predicted octanol–water partition coefficient (Wildman–Crippen LogP) is 0.546. The highest BCUT2D eigenvalue weighted by molar-refractivity contribution is 5.76. The molecule has 0 unspecified atom stereocenters. The SMILES string of the molecule is CC1(C)C(N)C(C)(C)C1NC(=O)CCn1cncn1. The molecule has 0 spiro atoms. The van der Waals surface area contributed by atoms with Crippen molar-refractivity contribution in [2.75, 3.05) is 0 Å². The van der Waals surface area contributed by atoms with Crippen LogP contribution in [0, 0.1) is 10.8 Å². The monoisotopic (exact) mass is 265 g/mol. The van der Waals surface area contributed by atoms with Gasteiger partial charge in [0.2, 0.25) is 5.91 Å². The molecule has 1 aliphatic carbocycles. The van der Waals surface area contributed by atoms with Gasteiger partial charge in [0.25, 0.3) is 0 Å². The Morgan fingerprint density at radius 1 is 1.37 bits per heavy atom. The average Bonchev–Trinajstić information content (AvgIpc) is 2.85. The van der Waals surface area contributed by atoms with Crippen molar-refractivity contribution in [1.82, 2.24) is 20.1 Å². The highest BCUT2D eigenvalue weighted by Crippen LogP contribution is 2.52. The van der Waals surface area contributed by atoms with Gasteiger partial charge in [0, 0.05) is 29.3 Å². The third-order valence-electron chi connectivity index (χ3n) is 4.43. The van der Waals surface area contributed by atoms with Crippen molar-refractivity contribution < 1.29 is 4.79 Å². The maximum Gasteiger partial charge on any atom is 0.222 e. The summed E-state index contributed by atoms with van der Waals surface area (Å²) >= 11 is 0. The number of nitrogens with one attached hydrogen (secondary N) is 1. The number of carbonyl (C=O) groups is 1. The van der Waals surface area contributed by atoms with E-state index in [-0.39, 0.29) is 28.8 Å². The predicted molar refractivity (Wildman–Crippen MR) is 72.1 cm³/mol. The molecule has 0 atom stereocenters. The molecule has 0 bridgehead atoms. The van der Waals surface area contributed by atoms with Crippen LogP contribution in [0.2, 0.25) is 0 Å². The second-order valence-corrected chi connectivity index (χ2v) is 6.53. The lowest BCUT2D eigenvalue weighted by molar-refractivity contribution is -0.132. The van der Waals surface area contributed by atoms with E-state index in [1.54, 1.807) is 11.0 Å². The Labute approximate surface area is 113 Å². The van der Waals surface area contributed by atoms with Crippen molar-refractivity contribution in [2.24, 2.45) is 16.6 Å². The summed E-state index contributed by atoms with van der Waals surface area (Å²) in [6.45, 7) is 8.96. The molecular formula is C13H23N5O. The van der Waals surface area contributed by atoms with Gasteiger partial charge in [-0.1, -0.05) is 27.7 Å². The van der Waals surface area contributed by atoms with E-state index in [4.69, 9.17) is 5.73 Å². The Balaban J connectivity index is 1.89. The van der Waals surface area contributed by atoms with Gasteiger partial charge in [0.05, 0.1) is 6.54 Å². The molecule has 3 N–H and O–H groups in total. The molecule has 106 valence electrons. The summed E-state index contributed by atoms with van der Waals surface area (Å²) in [6, 6.07) is 0.207. The maximum absolute atomic E-state index is 12.0. The van der Waals surface area contributed by atoms with Gasteiger partial charge >= 0.3 is 0 Å². The summed E-state index contributed by atoms with van der Waals surface area (Å²) in [5.74, 6) is 0.0357. The van der Waals surface area contributed by atoms with Gasteiger partial charge < -0.3 is 11.1 Å². The van der Waals surface area contributed by atoms with Crippen LogP contribution in [-0.2, 0) is 11.3 Å². The topological polar surface area (TPSA) is 85.8 Å². The first kappa shape index (κ1) is 14.0. The van der Waals surface area contributed by atoms with E-state index in [2.05, 4.69) is 43.1 Å². The molecule has 0 aromatic carbocycles. The maximum atomic E-state index is 12.0. The highest BCUT2D eigenvalue weighted by Gasteiger charge is 2.60. The number of aromatic nitrogens is 3. The van der Waals surface area contributed by atoms with E-state index in [0.717, 1.165) is 0 Å². The average molecular weight is 265 g/mol. The first-order chi connectivity index (χ1) is 8.76. The fourth-order valence-corrected chi connectivity index (χ4v) is 3.35. The third kappa shape index (κ3) is 2.36. The zero-order chi connectivity index (χ0) is 14.3. The summed E-state index contributed by atoms with van der Waals surface area (Å²) in [4.78, 5) is 15.9. The first-order valence-electron chi connectivity index (χ1n) is 6.63. The highest BCUT2D eigenvalue weighted by atomic mass is 16.1. The van der Waals surface area contributed by atoms with Gasteiger partial charge in [-0.25, -0.2) is 4.98 Å². The fraction of sp³-hybridized carbons (Fsp3) is 0.769. The molecule has 6 nitrogen and oxygen atoms in total. The van der Waals surface area contributed by atoms with E-state index < -0.39 is 0 Å². The summed E-state index contributed by atoms with van der Waals surface area (Å²) in [5.41, 5.74) is 6.05. The normalized spacial score (nSPS) is 27.6. The number of nitrogens with zero attached hydrogens (tertiary/aromatic N) is 3. The Bertz CT molecular complexity index is 436. The van der Waals surface area contributed by atoms with E-state index in [1.165, 1.54) is 6.33 Å². The van der Waals surface area contributed by atoms with Crippen LogP contribution in [0.15, 0.2) is 12.7 Å². The Hall–Kier alpha value is -1.43. The van der Waals surface area contributed by atoms with Crippen LogP contribution in [0.5, 0.6) is 0 Å². The second-order valence-electron chi connectivity index (χ2n) is 6.53. The largest absolute Gasteiger partial charge is 0.352 e. The third-order valence-corrected chi connectivity index (χ3v) is 4.43. The van der Waals surface area contributed by atoms with Crippen molar-refractivity contribution >= 4 is 5.91 Å². The quantitative estimate of drug-likeness (QED) is 0.832. The van der Waals surface area contributed by atoms with E-state index >= 15 is 0 Å². The van der Waals surface area contributed by atoms with E-state index in [1.807, 2.05) is 0 Å². The molecule has 1 aromatic rings. The van der Waals surface area contributed by atoms with Crippen molar-refractivity contribution in [2.45, 2.75) is 52.7 Å². The van der Waals surface area contributed by atoms with Crippen LogP contribution in [0.1, 0.15) is 34.1 Å². The molecule has 0 saturated heterocycles. The smallest absolute Gasteiger partial charge is 0.222 e. The number of hydrogen-bond acceptors (Lipinski definition) is 4. The molecule has 1 aromatic heterocycles. The lowest BCUT2D eigenvalue weighted by Gasteiger charge is -2.62. The number of nitrogens with two attached hydrogens (primary N) is 1. The van der Waals surface area contributed by atoms with Gasteiger partial charge in [-0.2, -0.15) is 5.10 Å². The van der Waals surface area contributed by atoms with Crippen molar-refractivity contribution in [1.29, 1.82) is 0 Å². The van der Waals surface area contributed by atoms with Crippen LogP contribution in [0.4, 0.5) is 0 Å². The standard InChI is InChI=1S/C13H23N5O/c1-12(2)10(14)13(3,4)11(12)17-9(19)5-6-18-8-15-7-16-18/h7-8,10-11H,5-6,14H2,1-4H3,(H,17,19). The van der Waals surface area contributed by atoms with Gasteiger partial charge in [-0.15, -0.1) is 0 Å². The zero-order valence-electron chi connectivity index (χ0n) is 12.1. The van der Waals surface area contributed by atoms with Gasteiger partial charge in [-0.3, -0.25) is 9.48 Å². The second kappa shape index (κ2) is 4.59. The summed E-state index contributed by atoms with van der Waals surface area (Å²) < 4.78 is 1.66. The lowest BCUT2D eigenvalue weighted by atomic mass is 9.48. The molecule has 0 radical (unpaired) electrons. The van der Waals surface area contributed by atoms with E-state index in [0.29, 0.717) is 13.0 Å². The van der Waals surface area contributed by atoms with Crippen LogP contribution in [0.3, 0.4) is 0 Å². The van der Waals surface area contributed by atoms with Gasteiger partial charge in [0.1, 0.15) is 12.7 Å². The molecular weight excluding hydrogens is 242 g/mol. The lowest BCUT2D eigenvalue weighted by Crippen LogP contribution is -2.76. The molecule has 1 heterocycles. The summed E-state index contributed by atoms with van der Waals surface area (Å²) in [7, 11) is 0. The molecule has 2 rings (SSSR count). The van der Waals surface area contributed by atoms with Crippen LogP contribution >= 0.6 is 0 Å². The van der Waals surface area contributed by atoms with E-state index in [9.17, 15) is 4.79 Å². The molecule has 6 heteroatoms. The number of aryl methyl sites for hydroxylation is 1. The molecule has 1 amide bonds. The number of rotatable bonds is 4. The van der Waals surface area contributed by atoms with Gasteiger partial charge in [-0.05, 0) is 0 Å². The first-order valence-corrected chi connectivity index (χ1v) is 6.63. The van der Waals surface area contributed by atoms with Crippen LogP contribution < -0.4 is 11.1 Å². The fourth-order valence-electron chi connectivity index (χ4n) is 3.35. The summed E-state index contributed by atoms with van der Waals surface area (Å²) in [6.07, 6.45) is 3.48. The Morgan fingerprint density at radius 2 is 2.00 bits per heavy atom. The number of hydrogen-bond donors (Lipinski definition) is 2. The molecule has 0 aliphatic heterocycles. The van der Waals surface area contributed by atoms with Gasteiger partial charge in [0.15, 0.2) is 0 Å². The molecule has 19 heavy (non-hydrogen) atoms. The molecule has 1 aliphatic rings. The minimum absolute atomic E-state index is 0.0357. The van der Waals surface area contributed by atoms with Crippen molar-refractivity contribution in [3.8, 4) is 0 Å². The Kier molecular flexibility index (Phi) is 3.38. The number of amides is 1. The van der Waals surface area contributed by atoms with Crippen molar-refractivity contribution in [3.63, 3.8) is 0 Å². The van der Waals surface area contributed by atoms with Crippen molar-refractivity contribution in [3.05, 3.63) is 12.7 Å². The van der Waals surface area contributed by atoms with Crippen LogP contribution in [-0.4, -0.2) is 32.8 Å². The summed E-state index contributed by atoms with van der Waals surface area (Å²) in [5, 5.41) is 7.09. The number of carbonyl (C=O) groups excluding carboxylic acids is 1. The minimum Gasteiger partial charge on any atom is -0.352 e.